The lowest BCUT2D eigenvalue weighted by Gasteiger charge is -2.38. The fraction of sp³-hybridized carbons (Fsp3) is 0.250. The number of carbonyl (C=O) groups excluding carboxylic acids is 1. The van der Waals surface area contributed by atoms with E-state index in [1.165, 1.54) is 0 Å². The molecule has 1 atom stereocenters. The Morgan fingerprint density at radius 3 is 2.52 bits per heavy atom. The summed E-state index contributed by atoms with van der Waals surface area (Å²) >= 11 is 0. The number of rotatable bonds is 3. The molecule has 0 aromatic heterocycles. The molecule has 2 aliphatic rings. The summed E-state index contributed by atoms with van der Waals surface area (Å²) in [5.41, 5.74) is 4.03. The summed E-state index contributed by atoms with van der Waals surface area (Å²) < 4.78 is 0. The molecule has 0 unspecified atom stereocenters. The molecule has 23 heavy (non-hydrogen) atoms. The van der Waals surface area contributed by atoms with E-state index in [1.54, 1.807) is 0 Å². The number of fused-ring (bicyclic) bond motifs is 1. The Morgan fingerprint density at radius 1 is 1.09 bits per heavy atom. The Bertz CT molecular complexity index is 762. The molecule has 2 aromatic rings. The average molecular weight is 304 g/mol. The molecule has 1 amide bonds. The maximum Gasteiger partial charge on any atom is 0.258 e. The van der Waals surface area contributed by atoms with Crippen LogP contribution in [0.25, 0.3) is 6.08 Å². The second-order valence-corrected chi connectivity index (χ2v) is 6.34. The van der Waals surface area contributed by atoms with Gasteiger partial charge in [-0.05, 0) is 43.0 Å². The predicted molar refractivity (Wildman–Crippen MR) is 93.1 cm³/mol. The average Bonchev–Trinajstić information content (AvgIpc) is 3.40. The Hall–Kier alpha value is -2.55. The van der Waals surface area contributed by atoms with Gasteiger partial charge in [0.1, 0.15) is 6.17 Å². The van der Waals surface area contributed by atoms with Gasteiger partial charge in [0.25, 0.3) is 5.91 Å². The van der Waals surface area contributed by atoms with Gasteiger partial charge in [0.2, 0.25) is 0 Å². The predicted octanol–water partition coefficient (Wildman–Crippen LogP) is 4.15. The van der Waals surface area contributed by atoms with Gasteiger partial charge in [-0.15, -0.1) is 0 Å². The molecule has 0 saturated heterocycles. The van der Waals surface area contributed by atoms with Crippen LogP contribution in [0.2, 0.25) is 0 Å². The van der Waals surface area contributed by atoms with Crippen molar-refractivity contribution < 1.29 is 4.79 Å². The first-order valence-corrected chi connectivity index (χ1v) is 8.15. The number of carbonyl (C=O) groups is 1. The monoisotopic (exact) mass is 304 g/mol. The third kappa shape index (κ3) is 2.63. The van der Waals surface area contributed by atoms with Crippen LogP contribution in [0.15, 0.2) is 60.2 Å². The second-order valence-electron chi connectivity index (χ2n) is 6.34. The fourth-order valence-electron chi connectivity index (χ4n) is 3.22. The van der Waals surface area contributed by atoms with Gasteiger partial charge in [0.05, 0.1) is 5.56 Å². The number of para-hydroxylation sites is 1. The zero-order chi connectivity index (χ0) is 15.8. The molecule has 0 radical (unpaired) electrons. The van der Waals surface area contributed by atoms with E-state index in [1.807, 2.05) is 47.4 Å². The van der Waals surface area contributed by atoms with E-state index in [-0.39, 0.29) is 12.1 Å². The van der Waals surface area contributed by atoms with Gasteiger partial charge in [-0.25, -0.2) is 0 Å². The second kappa shape index (κ2) is 5.58. The molecule has 1 fully saturated rings. The van der Waals surface area contributed by atoms with Crippen molar-refractivity contribution in [1.29, 1.82) is 0 Å². The van der Waals surface area contributed by atoms with Gasteiger partial charge in [-0.2, -0.15) is 0 Å². The van der Waals surface area contributed by atoms with Gasteiger partial charge in [0.15, 0.2) is 0 Å². The van der Waals surface area contributed by atoms with Crippen LogP contribution in [0.5, 0.6) is 0 Å². The number of anilines is 1. The zero-order valence-electron chi connectivity index (χ0n) is 13.2. The molecule has 4 rings (SSSR count). The first kappa shape index (κ1) is 14.1. The van der Waals surface area contributed by atoms with E-state index in [4.69, 9.17) is 0 Å². The molecule has 1 saturated carbocycles. The minimum absolute atomic E-state index is 0.0647. The third-order valence-corrected chi connectivity index (χ3v) is 4.53. The highest BCUT2D eigenvalue weighted by Crippen LogP contribution is 2.37. The molecule has 1 aliphatic carbocycles. The zero-order valence-corrected chi connectivity index (χ0v) is 13.2. The molecule has 0 bridgehead atoms. The summed E-state index contributed by atoms with van der Waals surface area (Å²) in [4.78, 5) is 14.9. The number of amides is 1. The van der Waals surface area contributed by atoms with Crippen LogP contribution >= 0.6 is 0 Å². The molecule has 1 aliphatic heterocycles. The van der Waals surface area contributed by atoms with Gasteiger partial charge in [-0.3, -0.25) is 4.79 Å². The minimum atomic E-state index is -0.0647. The Balaban J connectivity index is 1.72. The van der Waals surface area contributed by atoms with Gasteiger partial charge < -0.3 is 10.2 Å². The third-order valence-electron chi connectivity index (χ3n) is 4.53. The molecule has 1 heterocycles. The van der Waals surface area contributed by atoms with Crippen LogP contribution in [-0.4, -0.2) is 23.0 Å². The van der Waals surface area contributed by atoms with Gasteiger partial charge in [0, 0.05) is 11.7 Å². The summed E-state index contributed by atoms with van der Waals surface area (Å²) in [7, 11) is 0. The van der Waals surface area contributed by atoms with Crippen molar-refractivity contribution in [2.75, 3.05) is 5.32 Å². The van der Waals surface area contributed by atoms with Crippen LogP contribution in [-0.2, 0) is 0 Å². The van der Waals surface area contributed by atoms with Crippen molar-refractivity contribution in [3.8, 4) is 0 Å². The maximum absolute atomic E-state index is 12.9. The van der Waals surface area contributed by atoms with Crippen LogP contribution in [0.4, 0.5) is 5.69 Å². The Kier molecular flexibility index (Phi) is 3.41. The number of nitrogens with one attached hydrogen (secondary N) is 1. The minimum Gasteiger partial charge on any atom is -0.361 e. The number of benzene rings is 2. The van der Waals surface area contributed by atoms with E-state index in [0.29, 0.717) is 6.04 Å². The molecular weight excluding hydrogens is 284 g/mol. The number of hydrogen-bond donors (Lipinski definition) is 1. The molecule has 116 valence electrons. The lowest BCUT2D eigenvalue weighted by Crippen LogP contribution is -2.50. The maximum atomic E-state index is 12.9. The SMILES string of the molecule is C/C(=C\c1ccccc1)[C@H]1Nc2ccccc2C(=O)N1C1CC1. The van der Waals surface area contributed by atoms with Crippen LogP contribution in [0.1, 0.15) is 35.7 Å². The largest absolute Gasteiger partial charge is 0.361 e. The number of nitrogens with zero attached hydrogens (tertiary/aromatic N) is 1. The summed E-state index contributed by atoms with van der Waals surface area (Å²) in [5, 5.41) is 3.56. The highest BCUT2D eigenvalue weighted by atomic mass is 16.2. The first-order chi connectivity index (χ1) is 11.2. The molecule has 3 nitrogen and oxygen atoms in total. The van der Waals surface area contributed by atoms with E-state index < -0.39 is 0 Å². The Labute approximate surface area is 136 Å². The van der Waals surface area contributed by atoms with Crippen molar-refractivity contribution >= 4 is 17.7 Å². The smallest absolute Gasteiger partial charge is 0.258 e. The number of hydrogen-bond acceptors (Lipinski definition) is 2. The molecule has 3 heteroatoms. The van der Waals surface area contributed by atoms with Crippen LogP contribution < -0.4 is 5.32 Å². The quantitative estimate of drug-likeness (QED) is 0.924. The summed E-state index contributed by atoms with van der Waals surface area (Å²) in [6, 6.07) is 18.4. The molecule has 2 aromatic carbocycles. The van der Waals surface area contributed by atoms with Crippen LogP contribution in [0.3, 0.4) is 0 Å². The lowest BCUT2D eigenvalue weighted by molar-refractivity contribution is 0.0695. The lowest BCUT2D eigenvalue weighted by atomic mass is 10.0. The first-order valence-electron chi connectivity index (χ1n) is 8.15. The van der Waals surface area contributed by atoms with E-state index in [9.17, 15) is 4.79 Å². The Morgan fingerprint density at radius 2 is 1.78 bits per heavy atom. The topological polar surface area (TPSA) is 32.3 Å². The van der Waals surface area contributed by atoms with Crippen LogP contribution in [0, 0.1) is 0 Å². The van der Waals surface area contributed by atoms with E-state index in [2.05, 4.69) is 30.4 Å². The van der Waals surface area contributed by atoms with Crippen molar-refractivity contribution in [3.05, 3.63) is 71.3 Å². The fourth-order valence-corrected chi connectivity index (χ4v) is 3.22. The van der Waals surface area contributed by atoms with E-state index in [0.717, 1.165) is 35.2 Å². The highest BCUT2D eigenvalue weighted by Gasteiger charge is 2.41. The molecular formula is C20H20N2O. The molecule has 1 N–H and O–H groups in total. The van der Waals surface area contributed by atoms with E-state index >= 15 is 0 Å². The standard InChI is InChI=1S/C20H20N2O/c1-14(13-15-7-3-2-4-8-15)19-21-18-10-6-5-9-17(18)20(23)22(19)16-11-12-16/h2-10,13,16,19,21H,11-12H2,1H3/b14-13+/t19-/m0/s1. The van der Waals surface area contributed by atoms with Crippen molar-refractivity contribution in [1.82, 2.24) is 4.90 Å². The highest BCUT2D eigenvalue weighted by molar-refractivity contribution is 6.02. The normalized spacial score (nSPS) is 20.9. The van der Waals surface area contributed by atoms with Gasteiger partial charge >= 0.3 is 0 Å². The summed E-state index contributed by atoms with van der Waals surface area (Å²) in [6.45, 7) is 2.10. The van der Waals surface area contributed by atoms with Crippen molar-refractivity contribution in [2.45, 2.75) is 32.0 Å². The summed E-state index contributed by atoms with van der Waals surface area (Å²) in [5.74, 6) is 0.146. The van der Waals surface area contributed by atoms with Gasteiger partial charge in [-0.1, -0.05) is 48.5 Å². The van der Waals surface area contributed by atoms with Crippen molar-refractivity contribution in [3.63, 3.8) is 0 Å². The molecule has 0 spiro atoms. The van der Waals surface area contributed by atoms with Crippen molar-refractivity contribution in [2.24, 2.45) is 0 Å². The summed E-state index contributed by atoms with van der Waals surface area (Å²) in [6.07, 6.45) is 4.30.